The van der Waals surface area contributed by atoms with Crippen molar-refractivity contribution in [2.24, 2.45) is 0 Å². The third-order valence-corrected chi connectivity index (χ3v) is 4.29. The molecule has 0 aliphatic carbocycles. The number of benzene rings is 2. The van der Waals surface area contributed by atoms with Crippen molar-refractivity contribution in [1.82, 2.24) is 0 Å². The van der Waals surface area contributed by atoms with E-state index in [9.17, 15) is 17.6 Å². The van der Waals surface area contributed by atoms with E-state index >= 15 is 0 Å². The van der Waals surface area contributed by atoms with Crippen LogP contribution in [0.2, 0.25) is 0 Å². The van der Waals surface area contributed by atoms with Gasteiger partial charge < -0.3 is 10.1 Å². The van der Waals surface area contributed by atoms with Gasteiger partial charge >= 0.3 is 0 Å². The van der Waals surface area contributed by atoms with Gasteiger partial charge in [0.2, 0.25) is 5.91 Å². The van der Waals surface area contributed by atoms with Crippen molar-refractivity contribution in [1.29, 1.82) is 0 Å². The average Bonchev–Trinajstić information content (AvgIpc) is 2.54. The van der Waals surface area contributed by atoms with Crippen molar-refractivity contribution in [3.8, 4) is 5.75 Å². The zero-order valence-electron chi connectivity index (χ0n) is 13.1. The fourth-order valence-corrected chi connectivity index (χ4v) is 2.62. The number of sulfone groups is 1. The van der Waals surface area contributed by atoms with Gasteiger partial charge in [0.15, 0.2) is 9.84 Å². The van der Waals surface area contributed by atoms with Crippen LogP contribution in [0.3, 0.4) is 0 Å². The third-order valence-electron chi connectivity index (χ3n) is 3.18. The average molecular weight is 349 g/mol. The van der Waals surface area contributed by atoms with E-state index < -0.39 is 21.6 Å². The van der Waals surface area contributed by atoms with Gasteiger partial charge in [-0.25, -0.2) is 12.8 Å². The Bertz CT molecular complexity index is 891. The van der Waals surface area contributed by atoms with Gasteiger partial charge in [-0.3, -0.25) is 4.79 Å². The molecule has 0 spiro atoms. The van der Waals surface area contributed by atoms with E-state index in [1.807, 2.05) is 0 Å². The van der Waals surface area contributed by atoms with Crippen LogP contribution >= 0.6 is 0 Å². The minimum atomic E-state index is -3.49. The molecule has 1 N–H and O–H groups in total. The molecule has 0 bridgehead atoms. The van der Waals surface area contributed by atoms with Crippen molar-refractivity contribution < 1.29 is 22.3 Å². The summed E-state index contributed by atoms with van der Waals surface area (Å²) < 4.78 is 41.9. The molecule has 0 aliphatic rings. The summed E-state index contributed by atoms with van der Waals surface area (Å²) in [6, 6.07) is 10.3. The van der Waals surface area contributed by atoms with Gasteiger partial charge in [-0.1, -0.05) is 18.2 Å². The predicted molar refractivity (Wildman–Crippen MR) is 90.2 cm³/mol. The van der Waals surface area contributed by atoms with E-state index in [2.05, 4.69) is 5.32 Å². The van der Waals surface area contributed by atoms with Gasteiger partial charge in [-0.15, -0.1) is 0 Å². The number of para-hydroxylation sites is 1. The maximum atomic E-state index is 13.7. The first-order valence-electron chi connectivity index (χ1n) is 6.93. The van der Waals surface area contributed by atoms with E-state index in [1.165, 1.54) is 19.3 Å². The monoisotopic (exact) mass is 349 g/mol. The summed E-state index contributed by atoms with van der Waals surface area (Å²) in [5.74, 6) is -0.723. The molecule has 0 aromatic heterocycles. The third kappa shape index (κ3) is 4.42. The first-order valence-corrected chi connectivity index (χ1v) is 8.82. The second kappa shape index (κ2) is 7.27. The van der Waals surface area contributed by atoms with Crippen molar-refractivity contribution >= 4 is 27.5 Å². The van der Waals surface area contributed by atoms with Crippen molar-refractivity contribution in [2.75, 3.05) is 18.7 Å². The maximum Gasteiger partial charge on any atom is 0.248 e. The summed E-state index contributed by atoms with van der Waals surface area (Å²) in [5, 5.41) is 2.32. The first kappa shape index (κ1) is 17.7. The zero-order chi connectivity index (χ0) is 17.7. The lowest BCUT2D eigenvalue weighted by molar-refractivity contribution is -0.111. The van der Waals surface area contributed by atoms with Crippen molar-refractivity contribution in [3.63, 3.8) is 0 Å². The number of ether oxygens (including phenoxy) is 1. The molecule has 0 saturated carbocycles. The maximum absolute atomic E-state index is 13.7. The Balaban J connectivity index is 2.20. The molecule has 0 saturated heterocycles. The van der Waals surface area contributed by atoms with Crippen LogP contribution in [0.15, 0.2) is 53.4 Å². The summed E-state index contributed by atoms with van der Waals surface area (Å²) in [4.78, 5) is 11.9. The molecule has 2 aromatic carbocycles. The SMILES string of the molecule is COc1ccccc1/C=C/C(=O)Nc1cc(S(C)(=O)=O)ccc1F. The van der Waals surface area contributed by atoms with E-state index in [1.54, 1.807) is 24.3 Å². The standard InChI is InChI=1S/C17H16FNO4S/c1-23-16-6-4-3-5-12(16)7-10-17(20)19-15-11-13(24(2,21)22)8-9-14(15)18/h3-11H,1-2H3,(H,19,20)/b10-7+. The minimum Gasteiger partial charge on any atom is -0.496 e. The van der Waals surface area contributed by atoms with Crippen LogP contribution in [0.25, 0.3) is 6.08 Å². The summed E-state index contributed by atoms with van der Waals surface area (Å²) >= 11 is 0. The highest BCUT2D eigenvalue weighted by Crippen LogP contribution is 2.21. The first-order chi connectivity index (χ1) is 11.3. The van der Waals surface area contributed by atoms with E-state index in [4.69, 9.17) is 4.74 Å². The summed E-state index contributed by atoms with van der Waals surface area (Å²) in [5.41, 5.74) is 0.480. The van der Waals surface area contributed by atoms with E-state index in [0.29, 0.717) is 11.3 Å². The lowest BCUT2D eigenvalue weighted by Crippen LogP contribution is -2.10. The number of halogens is 1. The Morgan fingerprint density at radius 3 is 2.58 bits per heavy atom. The van der Waals surface area contributed by atoms with Gasteiger partial charge in [0.1, 0.15) is 11.6 Å². The number of carbonyl (C=O) groups excluding carboxylic acids is 1. The van der Waals surface area contributed by atoms with Crippen molar-refractivity contribution in [2.45, 2.75) is 4.90 Å². The molecule has 0 aliphatic heterocycles. The molecule has 7 heteroatoms. The summed E-state index contributed by atoms with van der Waals surface area (Å²) in [6.45, 7) is 0. The Kier molecular flexibility index (Phi) is 5.35. The number of methoxy groups -OCH3 is 1. The van der Waals surface area contributed by atoms with Crippen LogP contribution in [0, 0.1) is 5.82 Å². The van der Waals surface area contributed by atoms with E-state index in [-0.39, 0.29) is 10.6 Å². The van der Waals surface area contributed by atoms with Crippen LogP contribution in [0.1, 0.15) is 5.56 Å². The second-order valence-corrected chi connectivity index (χ2v) is 6.99. The highest BCUT2D eigenvalue weighted by molar-refractivity contribution is 7.90. The number of carbonyl (C=O) groups is 1. The molecular weight excluding hydrogens is 333 g/mol. The van der Waals surface area contributed by atoms with Crippen LogP contribution in [-0.4, -0.2) is 27.7 Å². The number of rotatable bonds is 5. The lowest BCUT2D eigenvalue weighted by atomic mass is 10.2. The van der Waals surface area contributed by atoms with Crippen molar-refractivity contribution in [3.05, 3.63) is 59.9 Å². The number of hydrogen-bond donors (Lipinski definition) is 1. The number of amides is 1. The van der Waals surface area contributed by atoms with Crippen LogP contribution < -0.4 is 10.1 Å². The highest BCUT2D eigenvalue weighted by atomic mass is 32.2. The molecule has 0 atom stereocenters. The van der Waals surface area contributed by atoms with Crippen LogP contribution in [-0.2, 0) is 14.6 Å². The molecule has 2 rings (SSSR count). The van der Waals surface area contributed by atoms with Gasteiger partial charge in [0.05, 0.1) is 17.7 Å². The molecule has 5 nitrogen and oxygen atoms in total. The quantitative estimate of drug-likeness (QED) is 0.665. The van der Waals surface area contributed by atoms with Crippen LogP contribution in [0.5, 0.6) is 5.75 Å². The normalized spacial score (nSPS) is 11.5. The molecular formula is C17H16FNO4S. The zero-order valence-corrected chi connectivity index (χ0v) is 13.9. The van der Waals surface area contributed by atoms with Gasteiger partial charge in [0, 0.05) is 17.9 Å². The molecule has 0 radical (unpaired) electrons. The summed E-state index contributed by atoms with van der Waals surface area (Å²) in [6.07, 6.45) is 3.74. The minimum absolute atomic E-state index is 0.0760. The van der Waals surface area contributed by atoms with Crippen LogP contribution in [0.4, 0.5) is 10.1 Å². The molecule has 0 heterocycles. The van der Waals surface area contributed by atoms with Gasteiger partial charge in [-0.2, -0.15) is 0 Å². The fourth-order valence-electron chi connectivity index (χ4n) is 1.97. The lowest BCUT2D eigenvalue weighted by Gasteiger charge is -2.07. The molecule has 0 unspecified atom stereocenters. The Labute approximate surface area is 139 Å². The topological polar surface area (TPSA) is 72.5 Å². The largest absolute Gasteiger partial charge is 0.496 e. The molecule has 0 fully saturated rings. The number of anilines is 1. The molecule has 126 valence electrons. The number of hydrogen-bond acceptors (Lipinski definition) is 4. The second-order valence-electron chi connectivity index (χ2n) is 4.98. The van der Waals surface area contributed by atoms with Gasteiger partial charge in [-0.05, 0) is 30.3 Å². The predicted octanol–water partition coefficient (Wildman–Crippen LogP) is 2.89. The molecule has 24 heavy (non-hydrogen) atoms. The Morgan fingerprint density at radius 2 is 1.92 bits per heavy atom. The Morgan fingerprint density at radius 1 is 1.21 bits per heavy atom. The molecule has 2 aromatic rings. The van der Waals surface area contributed by atoms with Gasteiger partial charge in [0.25, 0.3) is 0 Å². The number of nitrogens with one attached hydrogen (secondary N) is 1. The smallest absolute Gasteiger partial charge is 0.248 e. The highest BCUT2D eigenvalue weighted by Gasteiger charge is 2.12. The summed E-state index contributed by atoms with van der Waals surface area (Å²) in [7, 11) is -1.98. The van der Waals surface area contributed by atoms with E-state index in [0.717, 1.165) is 24.5 Å². The molecule has 1 amide bonds. The fraction of sp³-hybridized carbons (Fsp3) is 0.118. The Hall–Kier alpha value is -2.67.